The van der Waals surface area contributed by atoms with E-state index in [4.69, 9.17) is 0 Å². The third kappa shape index (κ3) is 6.18. The van der Waals surface area contributed by atoms with Crippen LogP contribution in [0.15, 0.2) is 255 Å². The highest BCUT2D eigenvalue weighted by Crippen LogP contribution is 2.46. The molecule has 0 saturated heterocycles. The number of aromatic nitrogens is 1. The van der Waals surface area contributed by atoms with Gasteiger partial charge in [-0.2, -0.15) is 0 Å². The topological polar surface area (TPSA) is 8.17 Å². The van der Waals surface area contributed by atoms with Gasteiger partial charge in [-0.05, 0) is 126 Å². The van der Waals surface area contributed by atoms with Crippen molar-refractivity contribution in [1.29, 1.82) is 0 Å². The molecule has 13 rings (SSSR count). The molecule has 0 aliphatic heterocycles. The molecule has 2 heteroatoms. The van der Waals surface area contributed by atoms with Crippen molar-refractivity contribution in [3.8, 4) is 39.1 Å². The summed E-state index contributed by atoms with van der Waals surface area (Å²) in [7, 11) is 0. The molecule has 1 heterocycles. The highest BCUT2D eigenvalue weighted by Gasteiger charge is 2.21. The molecule has 0 aliphatic rings. The van der Waals surface area contributed by atoms with Gasteiger partial charge in [-0.3, -0.25) is 0 Å². The Labute approximate surface area is 383 Å². The van der Waals surface area contributed by atoms with Gasteiger partial charge in [0.1, 0.15) is 0 Å². The molecule has 0 amide bonds. The number of para-hydroxylation sites is 3. The molecule has 2 nitrogen and oxygen atoms in total. The minimum Gasteiger partial charge on any atom is -0.310 e. The summed E-state index contributed by atoms with van der Waals surface area (Å²) in [5, 5.41) is 12.5. The zero-order valence-corrected chi connectivity index (χ0v) is 36.1. The van der Waals surface area contributed by atoms with Crippen molar-refractivity contribution >= 4 is 82.0 Å². The van der Waals surface area contributed by atoms with Crippen LogP contribution in [0.25, 0.3) is 104 Å². The molecule has 308 valence electrons. The van der Waals surface area contributed by atoms with Crippen molar-refractivity contribution in [1.82, 2.24) is 4.57 Å². The Morgan fingerprint density at radius 3 is 1.61 bits per heavy atom. The summed E-state index contributed by atoms with van der Waals surface area (Å²) >= 11 is 0. The zero-order chi connectivity index (χ0) is 43.6. The first-order valence-electron chi connectivity index (χ1n) is 22.8. The number of benzene rings is 12. The number of hydrogen-bond acceptors (Lipinski definition) is 1. The van der Waals surface area contributed by atoms with Crippen molar-refractivity contribution in [2.24, 2.45) is 0 Å². The molecule has 0 saturated carbocycles. The quantitative estimate of drug-likeness (QED) is 0.145. The Bertz CT molecular complexity index is 3990. The third-order valence-electron chi connectivity index (χ3n) is 13.6. The van der Waals surface area contributed by atoms with Crippen molar-refractivity contribution in [3.05, 3.63) is 255 Å². The Balaban J connectivity index is 0.972. The summed E-state index contributed by atoms with van der Waals surface area (Å²) in [4.78, 5) is 2.43. The Morgan fingerprint density at radius 1 is 0.273 bits per heavy atom. The normalized spacial score (nSPS) is 11.6. The number of rotatable bonds is 7. The Kier molecular flexibility index (Phi) is 8.89. The minimum absolute atomic E-state index is 1.08. The Morgan fingerprint density at radius 2 is 0.818 bits per heavy atom. The number of anilines is 3. The average Bonchev–Trinajstić information content (AvgIpc) is 3.74. The lowest BCUT2D eigenvalue weighted by atomic mass is 9.92. The lowest BCUT2D eigenvalue weighted by molar-refractivity contribution is 1.18. The smallest absolute Gasteiger partial charge is 0.0547 e. The summed E-state index contributed by atoms with van der Waals surface area (Å²) in [6, 6.07) is 93.3. The van der Waals surface area contributed by atoms with Gasteiger partial charge in [0.2, 0.25) is 0 Å². The predicted molar refractivity (Wildman–Crippen MR) is 282 cm³/mol. The second-order valence-electron chi connectivity index (χ2n) is 17.2. The maximum Gasteiger partial charge on any atom is 0.0547 e. The maximum atomic E-state index is 2.45. The second kappa shape index (κ2) is 15.5. The first kappa shape index (κ1) is 37.8. The summed E-state index contributed by atoms with van der Waals surface area (Å²) in [5.74, 6) is 0. The van der Waals surface area contributed by atoms with Gasteiger partial charge < -0.3 is 9.47 Å². The van der Waals surface area contributed by atoms with Crippen LogP contribution < -0.4 is 4.90 Å². The molecule has 13 aromatic rings. The lowest BCUT2D eigenvalue weighted by Crippen LogP contribution is -2.11. The van der Waals surface area contributed by atoms with E-state index < -0.39 is 0 Å². The monoisotopic (exact) mass is 838 g/mol. The molecular formula is C64H42N2. The van der Waals surface area contributed by atoms with Crippen LogP contribution in [0.3, 0.4) is 0 Å². The molecule has 66 heavy (non-hydrogen) atoms. The van der Waals surface area contributed by atoms with Gasteiger partial charge in [0, 0.05) is 33.3 Å². The number of nitrogens with zero attached hydrogens (tertiary/aromatic N) is 2. The molecule has 0 bridgehead atoms. The average molecular weight is 839 g/mol. The van der Waals surface area contributed by atoms with Crippen molar-refractivity contribution in [2.75, 3.05) is 4.90 Å². The molecule has 12 aromatic carbocycles. The van der Waals surface area contributed by atoms with Gasteiger partial charge >= 0.3 is 0 Å². The SMILES string of the molecule is c1ccc(N(c2ccc(-c3ccc4ccccc4c3)cc2)c2ccc(-c3ccccc3-n3c4ccccc4c4c5ccccc5ccc43)cc2)c(-c2cc3ccccc3c3ccccc23)c1. The van der Waals surface area contributed by atoms with Gasteiger partial charge in [0.25, 0.3) is 0 Å². The van der Waals surface area contributed by atoms with Crippen LogP contribution in [0, 0.1) is 0 Å². The summed E-state index contributed by atoms with van der Waals surface area (Å²) in [5.41, 5.74) is 13.9. The molecule has 0 fully saturated rings. The van der Waals surface area contributed by atoms with E-state index in [1.54, 1.807) is 0 Å². The number of hydrogen-bond donors (Lipinski definition) is 0. The standard InChI is InChI=1S/C64H42N2/c1-2-17-47-41-48(30-29-43(47)15-1)44-31-36-50(37-32-44)65(61-27-13-10-24-57(61)59-42-49-18-4-5-19-52(49)55-22-7-8-23-56(55)59)51-38-33-46(34-39-51)53-20-9-12-26-60(53)66-62-28-14-11-25-58(62)64-54-21-6-3-16-45(54)35-40-63(64)66/h1-42H. The first-order chi connectivity index (χ1) is 32.7. The summed E-state index contributed by atoms with van der Waals surface area (Å²) < 4.78 is 2.45. The second-order valence-corrected chi connectivity index (χ2v) is 17.2. The molecule has 1 aromatic heterocycles. The van der Waals surface area contributed by atoms with E-state index in [0.29, 0.717) is 0 Å². The third-order valence-corrected chi connectivity index (χ3v) is 13.6. The predicted octanol–water partition coefficient (Wildman–Crippen LogP) is 17.9. The van der Waals surface area contributed by atoms with Gasteiger partial charge in [-0.1, -0.05) is 194 Å². The minimum atomic E-state index is 1.08. The largest absolute Gasteiger partial charge is 0.310 e. The summed E-state index contributed by atoms with van der Waals surface area (Å²) in [6.45, 7) is 0. The molecule has 0 unspecified atom stereocenters. The van der Waals surface area contributed by atoms with Gasteiger partial charge in [0.15, 0.2) is 0 Å². The maximum absolute atomic E-state index is 2.45. The fraction of sp³-hybridized carbons (Fsp3) is 0. The van der Waals surface area contributed by atoms with Crippen molar-refractivity contribution < 1.29 is 0 Å². The van der Waals surface area contributed by atoms with E-state index >= 15 is 0 Å². The van der Waals surface area contributed by atoms with Crippen LogP contribution in [0.1, 0.15) is 0 Å². The molecule has 0 spiro atoms. The van der Waals surface area contributed by atoms with E-state index in [1.165, 1.54) is 92.7 Å². The van der Waals surface area contributed by atoms with E-state index in [0.717, 1.165) is 28.3 Å². The van der Waals surface area contributed by atoms with Crippen molar-refractivity contribution in [3.63, 3.8) is 0 Å². The van der Waals surface area contributed by atoms with Crippen molar-refractivity contribution in [2.45, 2.75) is 0 Å². The van der Waals surface area contributed by atoms with Crippen LogP contribution in [0.5, 0.6) is 0 Å². The molecular weight excluding hydrogens is 797 g/mol. The highest BCUT2D eigenvalue weighted by atomic mass is 15.1. The van der Waals surface area contributed by atoms with Gasteiger partial charge in [0.05, 0.1) is 22.4 Å². The van der Waals surface area contributed by atoms with Gasteiger partial charge in [-0.25, -0.2) is 0 Å². The van der Waals surface area contributed by atoms with E-state index in [9.17, 15) is 0 Å². The van der Waals surface area contributed by atoms with Crippen LogP contribution in [-0.2, 0) is 0 Å². The van der Waals surface area contributed by atoms with Crippen LogP contribution in [0.4, 0.5) is 17.1 Å². The molecule has 0 radical (unpaired) electrons. The highest BCUT2D eigenvalue weighted by molar-refractivity contribution is 6.21. The van der Waals surface area contributed by atoms with Crippen LogP contribution >= 0.6 is 0 Å². The van der Waals surface area contributed by atoms with E-state index in [1.807, 2.05) is 0 Å². The van der Waals surface area contributed by atoms with E-state index in [-0.39, 0.29) is 0 Å². The Hall–Kier alpha value is -8.72. The van der Waals surface area contributed by atoms with Crippen LogP contribution in [0.2, 0.25) is 0 Å². The molecule has 0 atom stereocenters. The van der Waals surface area contributed by atoms with Gasteiger partial charge in [-0.15, -0.1) is 0 Å². The summed E-state index contributed by atoms with van der Waals surface area (Å²) in [6.07, 6.45) is 0. The van der Waals surface area contributed by atoms with E-state index in [2.05, 4.69) is 264 Å². The fourth-order valence-electron chi connectivity index (χ4n) is 10.5. The lowest BCUT2D eigenvalue weighted by Gasteiger charge is -2.29. The molecule has 0 N–H and O–H groups in total. The fourth-order valence-corrected chi connectivity index (χ4v) is 10.5. The number of fused-ring (bicyclic) bond motifs is 9. The first-order valence-corrected chi connectivity index (χ1v) is 22.8. The van der Waals surface area contributed by atoms with Crippen LogP contribution in [-0.4, -0.2) is 4.57 Å². The zero-order valence-electron chi connectivity index (χ0n) is 36.1. The molecule has 0 aliphatic carbocycles.